The van der Waals surface area contributed by atoms with Gasteiger partial charge in [0.25, 0.3) is 5.89 Å². The number of aliphatic hydroxyl groups excluding tert-OH is 1. The molecule has 210 valence electrons. The fourth-order valence-electron chi connectivity index (χ4n) is 5.13. The van der Waals surface area contributed by atoms with Crippen LogP contribution in [0.25, 0.3) is 22.2 Å². The minimum Gasteiger partial charge on any atom is -0.415 e. The molecule has 0 spiro atoms. The van der Waals surface area contributed by atoms with E-state index in [1.165, 1.54) is 11.3 Å². The highest BCUT2D eigenvalue weighted by Gasteiger charge is 2.21. The van der Waals surface area contributed by atoms with Gasteiger partial charge in [0.1, 0.15) is 16.5 Å². The number of hydrogen-bond acceptors (Lipinski definition) is 11. The molecule has 2 fully saturated rings. The summed E-state index contributed by atoms with van der Waals surface area (Å²) in [6, 6.07) is 10.1. The van der Waals surface area contributed by atoms with Gasteiger partial charge < -0.3 is 24.9 Å². The van der Waals surface area contributed by atoms with Crippen molar-refractivity contribution in [1.29, 1.82) is 0 Å². The van der Waals surface area contributed by atoms with Crippen molar-refractivity contribution in [3.8, 4) is 22.2 Å². The summed E-state index contributed by atoms with van der Waals surface area (Å²) in [5, 5.41) is 26.6. The Labute approximate surface area is 241 Å². The minimum atomic E-state index is -0.196. The second kappa shape index (κ2) is 12.2. The van der Waals surface area contributed by atoms with Crippen LogP contribution in [-0.4, -0.2) is 68.6 Å². The van der Waals surface area contributed by atoms with Crippen LogP contribution in [0.2, 0.25) is 5.02 Å². The monoisotopic (exact) mass is 581 g/mol. The number of aliphatic hydroxyl groups is 1. The number of rotatable bonds is 8. The van der Waals surface area contributed by atoms with Gasteiger partial charge in [0.05, 0.1) is 36.1 Å². The van der Waals surface area contributed by atoms with Crippen LogP contribution in [0, 0.1) is 6.92 Å². The molecule has 1 saturated carbocycles. The summed E-state index contributed by atoms with van der Waals surface area (Å²) < 4.78 is 11.5. The number of aryl methyl sites for hydroxylation is 1. The zero-order valence-electron chi connectivity index (χ0n) is 22.3. The summed E-state index contributed by atoms with van der Waals surface area (Å²) in [4.78, 5) is 12.5. The molecule has 3 N–H and O–H groups in total. The summed E-state index contributed by atoms with van der Waals surface area (Å²) in [6.45, 7) is 6.09. The van der Waals surface area contributed by atoms with Gasteiger partial charge in [-0.15, -0.1) is 10.2 Å². The molecule has 0 amide bonds. The van der Waals surface area contributed by atoms with Crippen molar-refractivity contribution in [3.05, 3.63) is 52.7 Å². The average Bonchev–Trinajstić information content (AvgIpc) is 3.61. The summed E-state index contributed by atoms with van der Waals surface area (Å²) >= 11 is 7.80. The maximum Gasteiger partial charge on any atom is 0.259 e. The van der Waals surface area contributed by atoms with Crippen LogP contribution in [0.4, 0.5) is 16.8 Å². The molecule has 10 nitrogen and oxygen atoms in total. The Kier molecular flexibility index (Phi) is 8.26. The first-order valence-electron chi connectivity index (χ1n) is 13.6. The number of hydrogen-bond donors (Lipinski definition) is 3. The topological polar surface area (TPSA) is 121 Å². The number of thiazole rings is 1. The van der Waals surface area contributed by atoms with Crippen LogP contribution in [-0.2, 0) is 11.3 Å². The molecule has 0 bridgehead atoms. The Morgan fingerprint density at radius 1 is 1.07 bits per heavy atom. The lowest BCUT2D eigenvalue weighted by atomic mass is 9.93. The molecule has 4 heterocycles. The molecule has 1 aliphatic carbocycles. The number of nitrogens with one attached hydrogen (secondary N) is 2. The van der Waals surface area contributed by atoms with Crippen LogP contribution in [0.3, 0.4) is 0 Å². The highest BCUT2D eigenvalue weighted by molar-refractivity contribution is 7.18. The van der Waals surface area contributed by atoms with Crippen molar-refractivity contribution < 1.29 is 14.3 Å². The Morgan fingerprint density at radius 2 is 1.85 bits per heavy atom. The van der Waals surface area contributed by atoms with E-state index in [4.69, 9.17) is 25.7 Å². The Bertz CT molecular complexity index is 1430. The number of anilines is 3. The van der Waals surface area contributed by atoms with Crippen molar-refractivity contribution >= 4 is 39.7 Å². The van der Waals surface area contributed by atoms with Crippen LogP contribution in [0.1, 0.15) is 36.8 Å². The fraction of sp³-hybridized carbons (Fsp3) is 0.429. The number of morpholine rings is 1. The maximum absolute atomic E-state index is 9.90. The fourth-order valence-corrected chi connectivity index (χ4v) is 6.18. The van der Waals surface area contributed by atoms with Gasteiger partial charge in [0.15, 0.2) is 5.13 Å². The third-order valence-electron chi connectivity index (χ3n) is 7.26. The third-order valence-corrected chi connectivity index (χ3v) is 8.47. The number of halogens is 1. The molecule has 1 aromatic carbocycles. The third kappa shape index (κ3) is 6.45. The van der Waals surface area contributed by atoms with E-state index in [0.717, 1.165) is 85.9 Å². The maximum atomic E-state index is 9.90. The van der Waals surface area contributed by atoms with E-state index < -0.39 is 0 Å². The molecule has 0 unspecified atom stereocenters. The standard InChI is InChI=1S/C28H32ClN7O3S/c1-17-3-2-4-21(29)25(17)27-35-34-26(39-27)22-15-30-28(40-22)33-24-14-18(16-36-9-11-38-12-10-36)13-23(32-24)31-19-5-7-20(37)8-6-19/h2-4,13-15,19-20,37H,5-12,16H2,1H3,(H2,30,31,32,33). The highest BCUT2D eigenvalue weighted by Crippen LogP contribution is 2.35. The summed E-state index contributed by atoms with van der Waals surface area (Å²) in [6.07, 6.45) is 4.99. The minimum absolute atomic E-state index is 0.196. The summed E-state index contributed by atoms with van der Waals surface area (Å²) in [5.74, 6) is 2.30. The zero-order valence-corrected chi connectivity index (χ0v) is 23.8. The Hall–Kier alpha value is -3.09. The normalized spacial score (nSPS) is 20.0. The van der Waals surface area contributed by atoms with Crippen molar-refractivity contribution in [2.45, 2.75) is 51.3 Å². The highest BCUT2D eigenvalue weighted by atomic mass is 35.5. The zero-order chi connectivity index (χ0) is 27.5. The average molecular weight is 582 g/mol. The lowest BCUT2D eigenvalue weighted by molar-refractivity contribution is 0.0342. The second-order valence-electron chi connectivity index (χ2n) is 10.3. The molecular formula is C28H32ClN7O3S. The van der Waals surface area contributed by atoms with E-state index in [2.05, 4.69) is 42.8 Å². The van der Waals surface area contributed by atoms with Crippen LogP contribution in [0.5, 0.6) is 0 Å². The van der Waals surface area contributed by atoms with E-state index in [-0.39, 0.29) is 6.10 Å². The Morgan fingerprint density at radius 3 is 2.65 bits per heavy atom. The van der Waals surface area contributed by atoms with Crippen molar-refractivity contribution in [3.63, 3.8) is 0 Å². The number of ether oxygens (including phenoxy) is 1. The van der Waals surface area contributed by atoms with Gasteiger partial charge in [-0.1, -0.05) is 35.1 Å². The van der Waals surface area contributed by atoms with Crippen LogP contribution in [0.15, 0.2) is 40.9 Å². The van der Waals surface area contributed by atoms with E-state index in [9.17, 15) is 5.11 Å². The number of benzene rings is 1. The smallest absolute Gasteiger partial charge is 0.259 e. The molecule has 3 aromatic heterocycles. The van der Waals surface area contributed by atoms with Crippen LogP contribution >= 0.6 is 22.9 Å². The lowest BCUT2D eigenvalue weighted by Crippen LogP contribution is -2.35. The predicted molar refractivity (Wildman–Crippen MR) is 156 cm³/mol. The van der Waals surface area contributed by atoms with Gasteiger partial charge >= 0.3 is 0 Å². The number of nitrogens with zero attached hydrogens (tertiary/aromatic N) is 5. The largest absolute Gasteiger partial charge is 0.415 e. The quantitative estimate of drug-likeness (QED) is 0.245. The molecule has 4 aromatic rings. The first kappa shape index (κ1) is 27.1. The molecule has 0 atom stereocenters. The van der Waals surface area contributed by atoms with Gasteiger partial charge in [-0.2, -0.15) is 0 Å². The van der Waals surface area contributed by atoms with Gasteiger partial charge in [0, 0.05) is 25.7 Å². The Balaban J connectivity index is 1.21. The van der Waals surface area contributed by atoms with Crippen molar-refractivity contribution in [2.75, 3.05) is 36.9 Å². The van der Waals surface area contributed by atoms with Gasteiger partial charge in [-0.3, -0.25) is 4.90 Å². The van der Waals surface area contributed by atoms with Crippen molar-refractivity contribution in [1.82, 2.24) is 25.1 Å². The van der Waals surface area contributed by atoms with E-state index in [1.807, 2.05) is 25.1 Å². The van der Waals surface area contributed by atoms with Crippen molar-refractivity contribution in [2.24, 2.45) is 0 Å². The van der Waals surface area contributed by atoms with Gasteiger partial charge in [-0.25, -0.2) is 9.97 Å². The van der Waals surface area contributed by atoms with E-state index in [0.29, 0.717) is 33.8 Å². The molecule has 1 saturated heterocycles. The first-order chi connectivity index (χ1) is 19.5. The number of pyridine rings is 1. The van der Waals surface area contributed by atoms with E-state index in [1.54, 1.807) is 6.20 Å². The lowest BCUT2D eigenvalue weighted by Gasteiger charge is -2.28. The molecule has 12 heteroatoms. The molecule has 40 heavy (non-hydrogen) atoms. The van der Waals surface area contributed by atoms with Crippen LogP contribution < -0.4 is 10.6 Å². The summed E-state index contributed by atoms with van der Waals surface area (Å²) in [7, 11) is 0. The molecule has 0 radical (unpaired) electrons. The molecule has 1 aliphatic heterocycles. The summed E-state index contributed by atoms with van der Waals surface area (Å²) in [5.41, 5.74) is 2.86. The molecular weight excluding hydrogens is 550 g/mol. The molecule has 2 aliphatic rings. The van der Waals surface area contributed by atoms with E-state index >= 15 is 0 Å². The first-order valence-corrected chi connectivity index (χ1v) is 14.8. The SMILES string of the molecule is Cc1cccc(Cl)c1-c1nnc(-c2cnc(Nc3cc(CN4CCOCC4)cc(NC4CCC(O)CC4)n3)s2)o1. The van der Waals surface area contributed by atoms with Gasteiger partial charge in [-0.05, 0) is 61.9 Å². The number of aromatic nitrogens is 4. The second-order valence-corrected chi connectivity index (χ2v) is 11.7. The van der Waals surface area contributed by atoms with Gasteiger partial charge in [0.2, 0.25) is 5.89 Å². The molecule has 6 rings (SSSR count). The predicted octanol–water partition coefficient (Wildman–Crippen LogP) is 5.51.